The molecule has 0 bridgehead atoms. The van der Waals surface area contributed by atoms with Gasteiger partial charge in [-0.05, 0) is 42.3 Å². The summed E-state index contributed by atoms with van der Waals surface area (Å²) in [6.45, 7) is 4.19. The van der Waals surface area contributed by atoms with E-state index in [1.807, 2.05) is 30.3 Å². The first kappa shape index (κ1) is 23.4. The van der Waals surface area contributed by atoms with Crippen molar-refractivity contribution in [1.29, 1.82) is 0 Å². The van der Waals surface area contributed by atoms with Crippen LogP contribution in [-0.4, -0.2) is 30.0 Å². The maximum atomic E-state index is 12.4. The Balaban J connectivity index is 1.52. The summed E-state index contributed by atoms with van der Waals surface area (Å²) in [5, 5.41) is 11.3. The van der Waals surface area contributed by atoms with Gasteiger partial charge in [0.25, 0.3) is 5.69 Å². The fourth-order valence-corrected chi connectivity index (χ4v) is 3.43. The van der Waals surface area contributed by atoms with Gasteiger partial charge in [-0.15, -0.1) is 6.58 Å². The van der Waals surface area contributed by atoms with Crippen LogP contribution in [0, 0.1) is 10.1 Å². The topological polar surface area (TPSA) is 100 Å². The van der Waals surface area contributed by atoms with Crippen molar-refractivity contribution < 1.29 is 23.9 Å². The molecule has 8 nitrogen and oxygen atoms in total. The predicted octanol–water partition coefficient (Wildman–Crippen LogP) is 5.13. The van der Waals surface area contributed by atoms with Crippen molar-refractivity contribution in [2.45, 2.75) is 6.42 Å². The number of ether oxygens (including phenoxy) is 3. The third-order valence-electron chi connectivity index (χ3n) is 5.07. The van der Waals surface area contributed by atoms with Crippen LogP contribution in [0.3, 0.4) is 0 Å². The van der Waals surface area contributed by atoms with E-state index in [2.05, 4.69) is 11.6 Å². The molecule has 0 fully saturated rings. The fraction of sp³-hybridized carbons (Fsp3) is 0.111. The van der Waals surface area contributed by atoms with Crippen LogP contribution >= 0.6 is 0 Å². The second-order valence-electron chi connectivity index (χ2n) is 7.48. The van der Waals surface area contributed by atoms with Gasteiger partial charge in [0.15, 0.2) is 5.70 Å². The van der Waals surface area contributed by atoms with Crippen LogP contribution in [0.4, 0.5) is 5.69 Å². The maximum Gasteiger partial charge on any atom is 0.363 e. The minimum absolute atomic E-state index is 0.0174. The summed E-state index contributed by atoms with van der Waals surface area (Å²) in [6.07, 6.45) is 3.90. The van der Waals surface area contributed by atoms with Crippen LogP contribution in [-0.2, 0) is 16.0 Å². The van der Waals surface area contributed by atoms with E-state index in [9.17, 15) is 14.9 Å². The van der Waals surface area contributed by atoms with E-state index < -0.39 is 10.9 Å². The minimum atomic E-state index is -0.650. The standard InChI is InChI=1S/C27H22N2O6/c1-2-8-19-9-6-7-12-24(19)33-15-16-34-25-14-13-22(29(31)32)17-21(25)18-23-27(30)35-26(28-23)20-10-4-3-5-11-20/h2-7,9-14,17-18H,1,8,15-16H2. The number of nitro groups is 1. The summed E-state index contributed by atoms with van der Waals surface area (Å²) in [5.74, 6) is 0.602. The third-order valence-corrected chi connectivity index (χ3v) is 5.07. The summed E-state index contributed by atoms with van der Waals surface area (Å²) in [5.41, 5.74) is 1.86. The molecule has 3 aromatic rings. The number of rotatable bonds is 10. The number of aliphatic imine (C=N–C) groups is 1. The first-order valence-corrected chi connectivity index (χ1v) is 10.9. The zero-order chi connectivity index (χ0) is 24.6. The Bertz CT molecular complexity index is 1310. The molecule has 0 saturated carbocycles. The Morgan fingerprint density at radius 2 is 1.69 bits per heavy atom. The number of cyclic esters (lactones) is 1. The molecule has 0 unspecified atom stereocenters. The number of nitro benzene ring substituents is 1. The Labute approximate surface area is 201 Å². The number of allylic oxidation sites excluding steroid dienone is 1. The highest BCUT2D eigenvalue weighted by atomic mass is 16.6. The van der Waals surface area contributed by atoms with Gasteiger partial charge in [-0.2, -0.15) is 0 Å². The molecule has 0 saturated heterocycles. The lowest BCUT2D eigenvalue weighted by atomic mass is 10.1. The molecule has 0 radical (unpaired) electrons. The highest BCUT2D eigenvalue weighted by molar-refractivity contribution is 6.12. The van der Waals surface area contributed by atoms with Crippen LogP contribution in [0.25, 0.3) is 6.08 Å². The van der Waals surface area contributed by atoms with Crippen molar-refractivity contribution in [1.82, 2.24) is 0 Å². The highest BCUT2D eigenvalue weighted by Gasteiger charge is 2.25. The number of hydrogen-bond donors (Lipinski definition) is 0. The molecule has 0 atom stereocenters. The average molecular weight is 470 g/mol. The molecule has 4 rings (SSSR count). The minimum Gasteiger partial charge on any atom is -0.490 e. The molecule has 35 heavy (non-hydrogen) atoms. The second-order valence-corrected chi connectivity index (χ2v) is 7.48. The number of esters is 1. The molecule has 0 amide bonds. The number of nitrogens with zero attached hydrogens (tertiary/aromatic N) is 2. The smallest absolute Gasteiger partial charge is 0.363 e. The molecule has 1 heterocycles. The van der Waals surface area contributed by atoms with Gasteiger partial charge in [-0.3, -0.25) is 10.1 Å². The fourth-order valence-electron chi connectivity index (χ4n) is 3.43. The van der Waals surface area contributed by atoms with E-state index >= 15 is 0 Å². The number of hydrogen-bond acceptors (Lipinski definition) is 7. The lowest BCUT2D eigenvalue weighted by Crippen LogP contribution is -2.10. The zero-order valence-corrected chi connectivity index (χ0v) is 18.8. The van der Waals surface area contributed by atoms with Crippen LogP contribution in [0.5, 0.6) is 11.5 Å². The Kier molecular flexibility index (Phi) is 7.32. The number of benzene rings is 3. The van der Waals surface area contributed by atoms with E-state index in [-0.39, 0.29) is 30.5 Å². The van der Waals surface area contributed by atoms with Crippen molar-refractivity contribution in [3.8, 4) is 11.5 Å². The van der Waals surface area contributed by atoms with E-state index in [4.69, 9.17) is 14.2 Å². The Morgan fingerprint density at radius 3 is 2.43 bits per heavy atom. The van der Waals surface area contributed by atoms with Crippen molar-refractivity contribution in [2.24, 2.45) is 4.99 Å². The molecular formula is C27H22N2O6. The molecule has 0 aromatic heterocycles. The van der Waals surface area contributed by atoms with Crippen molar-refractivity contribution in [3.05, 3.63) is 118 Å². The van der Waals surface area contributed by atoms with Crippen LogP contribution < -0.4 is 9.47 Å². The molecule has 0 aliphatic carbocycles. The molecule has 0 N–H and O–H groups in total. The normalized spacial score (nSPS) is 13.8. The summed E-state index contributed by atoms with van der Waals surface area (Å²) < 4.78 is 16.9. The van der Waals surface area contributed by atoms with Crippen molar-refractivity contribution >= 4 is 23.6 Å². The quantitative estimate of drug-likeness (QED) is 0.102. The van der Waals surface area contributed by atoms with Gasteiger partial charge in [0, 0.05) is 23.3 Å². The largest absolute Gasteiger partial charge is 0.490 e. The molecule has 1 aliphatic rings. The molecule has 3 aromatic carbocycles. The summed E-state index contributed by atoms with van der Waals surface area (Å²) >= 11 is 0. The third kappa shape index (κ3) is 5.80. The number of non-ortho nitro benzene ring substituents is 1. The van der Waals surface area contributed by atoms with E-state index in [1.165, 1.54) is 24.3 Å². The number of carbonyl (C=O) groups excluding carboxylic acids is 1. The number of carbonyl (C=O) groups is 1. The van der Waals surface area contributed by atoms with Crippen LogP contribution in [0.1, 0.15) is 16.7 Å². The van der Waals surface area contributed by atoms with E-state index in [0.717, 1.165) is 11.3 Å². The van der Waals surface area contributed by atoms with Crippen molar-refractivity contribution in [3.63, 3.8) is 0 Å². The summed E-state index contributed by atoms with van der Waals surface area (Å²) in [7, 11) is 0. The van der Waals surface area contributed by atoms with Gasteiger partial charge in [-0.25, -0.2) is 9.79 Å². The van der Waals surface area contributed by atoms with Gasteiger partial charge in [0.2, 0.25) is 5.90 Å². The average Bonchev–Trinajstić information content (AvgIpc) is 3.24. The van der Waals surface area contributed by atoms with Crippen molar-refractivity contribution in [2.75, 3.05) is 13.2 Å². The predicted molar refractivity (Wildman–Crippen MR) is 131 cm³/mol. The molecule has 1 aliphatic heterocycles. The maximum absolute atomic E-state index is 12.4. The van der Waals surface area contributed by atoms with Gasteiger partial charge in [0.1, 0.15) is 24.7 Å². The molecular weight excluding hydrogens is 448 g/mol. The summed E-state index contributed by atoms with van der Waals surface area (Å²) in [4.78, 5) is 27.4. The van der Waals surface area contributed by atoms with Gasteiger partial charge < -0.3 is 14.2 Å². The zero-order valence-electron chi connectivity index (χ0n) is 18.8. The Hall–Kier alpha value is -4.72. The molecule has 0 spiro atoms. The second kappa shape index (κ2) is 10.9. The number of para-hydroxylation sites is 1. The summed E-state index contributed by atoms with van der Waals surface area (Å²) in [6, 6.07) is 20.8. The first-order valence-electron chi connectivity index (χ1n) is 10.9. The molecule has 176 valence electrons. The van der Waals surface area contributed by atoms with Gasteiger partial charge in [0.05, 0.1) is 4.92 Å². The van der Waals surface area contributed by atoms with Gasteiger partial charge in [-0.1, -0.05) is 42.5 Å². The van der Waals surface area contributed by atoms with E-state index in [0.29, 0.717) is 23.3 Å². The van der Waals surface area contributed by atoms with Crippen LogP contribution in [0.2, 0.25) is 0 Å². The lowest BCUT2D eigenvalue weighted by Gasteiger charge is -2.12. The first-order chi connectivity index (χ1) is 17.0. The van der Waals surface area contributed by atoms with Gasteiger partial charge >= 0.3 is 5.97 Å². The SMILES string of the molecule is C=CCc1ccccc1OCCOc1ccc([N+](=O)[O-])cc1C=C1N=C(c2ccccc2)OC1=O. The van der Waals surface area contributed by atoms with E-state index in [1.54, 1.807) is 30.3 Å². The molecule has 8 heteroatoms. The monoisotopic (exact) mass is 470 g/mol. The Morgan fingerprint density at radius 1 is 0.971 bits per heavy atom. The highest BCUT2D eigenvalue weighted by Crippen LogP contribution is 2.29. The van der Waals surface area contributed by atoms with Crippen LogP contribution in [0.15, 0.2) is 96.1 Å². The lowest BCUT2D eigenvalue weighted by molar-refractivity contribution is -0.384.